The van der Waals surface area contributed by atoms with Gasteiger partial charge in [0.25, 0.3) is 0 Å². The number of hydrogen-bond donors (Lipinski definition) is 0. The minimum Gasteiger partial charge on any atom is -0.365 e. The Morgan fingerprint density at radius 3 is 2.47 bits per heavy atom. The zero-order chi connectivity index (χ0) is 20.1. The van der Waals surface area contributed by atoms with Crippen LogP contribution in [0.4, 0.5) is 5.69 Å². The molecule has 158 valence electrons. The van der Waals surface area contributed by atoms with Crippen molar-refractivity contribution >= 4 is 5.69 Å². The maximum Gasteiger partial charge on any atom is 0.0470 e. The fourth-order valence-electron chi connectivity index (χ4n) is 7.44. The van der Waals surface area contributed by atoms with E-state index in [2.05, 4.69) is 76.3 Å². The van der Waals surface area contributed by atoms with Crippen LogP contribution in [0.3, 0.4) is 0 Å². The van der Waals surface area contributed by atoms with Gasteiger partial charge in [0, 0.05) is 55.9 Å². The highest BCUT2D eigenvalue weighted by Gasteiger charge is 2.57. The van der Waals surface area contributed by atoms with E-state index in [9.17, 15) is 0 Å². The number of likely N-dealkylation sites (tertiary alicyclic amines) is 2. The minimum absolute atomic E-state index is 0.349. The van der Waals surface area contributed by atoms with Crippen molar-refractivity contribution in [2.24, 2.45) is 11.8 Å². The molecule has 3 heteroatoms. The SMILES string of the molecule is CN1CC2CN(c3ccccc3)C3(CCN([C@@H]4CCCc5ccccc54)CC3)C2C1. The zero-order valence-corrected chi connectivity index (χ0v) is 18.3. The quantitative estimate of drug-likeness (QED) is 0.728. The molecule has 6 rings (SSSR count). The van der Waals surface area contributed by atoms with Crippen molar-refractivity contribution < 1.29 is 0 Å². The van der Waals surface area contributed by atoms with Crippen molar-refractivity contribution in [3.8, 4) is 0 Å². The van der Waals surface area contributed by atoms with Gasteiger partial charge in [-0.2, -0.15) is 0 Å². The molecule has 0 radical (unpaired) electrons. The first-order chi connectivity index (χ1) is 14.7. The van der Waals surface area contributed by atoms with Gasteiger partial charge in [-0.3, -0.25) is 4.90 Å². The summed E-state index contributed by atoms with van der Waals surface area (Å²) >= 11 is 0. The largest absolute Gasteiger partial charge is 0.365 e. The van der Waals surface area contributed by atoms with Crippen LogP contribution in [0.2, 0.25) is 0 Å². The summed E-state index contributed by atoms with van der Waals surface area (Å²) in [7, 11) is 2.33. The molecule has 4 aliphatic rings. The standard InChI is InChI=1S/C27H35N3/c1-28-18-22-19-30(23-10-3-2-4-11-23)27(25(22)20-28)14-16-29(17-15-27)26-13-7-9-21-8-5-6-12-24(21)26/h2-6,8,10-12,22,25-26H,7,9,13-20H2,1H3/t22?,25?,26-/m1/s1. The normalized spacial score (nSPS) is 31.1. The predicted molar refractivity (Wildman–Crippen MR) is 124 cm³/mol. The second-order valence-corrected chi connectivity index (χ2v) is 10.3. The lowest BCUT2D eigenvalue weighted by Gasteiger charge is -2.51. The number of para-hydroxylation sites is 1. The molecule has 3 atom stereocenters. The van der Waals surface area contributed by atoms with Gasteiger partial charge >= 0.3 is 0 Å². The van der Waals surface area contributed by atoms with Crippen LogP contribution >= 0.6 is 0 Å². The van der Waals surface area contributed by atoms with Crippen LogP contribution in [0, 0.1) is 11.8 Å². The Morgan fingerprint density at radius 1 is 0.867 bits per heavy atom. The molecule has 2 aromatic rings. The summed E-state index contributed by atoms with van der Waals surface area (Å²) in [4.78, 5) is 8.25. The Balaban J connectivity index is 1.28. The molecule has 3 fully saturated rings. The van der Waals surface area contributed by atoms with Crippen molar-refractivity contribution in [1.29, 1.82) is 0 Å². The Morgan fingerprint density at radius 2 is 1.63 bits per heavy atom. The van der Waals surface area contributed by atoms with Crippen LogP contribution < -0.4 is 4.90 Å². The van der Waals surface area contributed by atoms with Crippen molar-refractivity contribution in [2.45, 2.75) is 43.7 Å². The molecule has 0 N–H and O–H groups in total. The lowest BCUT2D eigenvalue weighted by atomic mass is 9.74. The molecule has 3 heterocycles. The molecule has 0 saturated carbocycles. The second kappa shape index (κ2) is 7.39. The topological polar surface area (TPSA) is 9.72 Å². The highest BCUT2D eigenvalue weighted by molar-refractivity contribution is 5.52. The Hall–Kier alpha value is -1.84. The first-order valence-corrected chi connectivity index (χ1v) is 12.1. The van der Waals surface area contributed by atoms with Gasteiger partial charge in [-0.15, -0.1) is 0 Å². The molecule has 0 aromatic heterocycles. The fourth-order valence-corrected chi connectivity index (χ4v) is 7.44. The number of nitrogens with zero attached hydrogens (tertiary/aromatic N) is 3. The molecule has 1 spiro atoms. The highest BCUT2D eigenvalue weighted by Crippen LogP contribution is 2.51. The summed E-state index contributed by atoms with van der Waals surface area (Å²) < 4.78 is 0. The monoisotopic (exact) mass is 401 g/mol. The summed E-state index contributed by atoms with van der Waals surface area (Å²) in [5, 5.41) is 0. The Kier molecular flexibility index (Phi) is 4.65. The molecule has 2 unspecified atom stereocenters. The molecule has 0 bridgehead atoms. The van der Waals surface area contributed by atoms with Gasteiger partial charge in [-0.1, -0.05) is 42.5 Å². The van der Waals surface area contributed by atoms with E-state index in [4.69, 9.17) is 0 Å². The number of rotatable bonds is 2. The van der Waals surface area contributed by atoms with Crippen LogP contribution in [0.15, 0.2) is 54.6 Å². The first-order valence-electron chi connectivity index (χ1n) is 12.1. The minimum atomic E-state index is 0.349. The lowest BCUT2D eigenvalue weighted by molar-refractivity contribution is 0.0857. The average molecular weight is 402 g/mol. The third kappa shape index (κ3) is 2.93. The molecule has 3 saturated heterocycles. The summed E-state index contributed by atoms with van der Waals surface area (Å²) in [6.07, 6.45) is 6.57. The molecule has 3 aliphatic heterocycles. The molecule has 2 aromatic carbocycles. The Bertz CT molecular complexity index is 886. The van der Waals surface area contributed by atoms with E-state index in [1.165, 1.54) is 70.5 Å². The number of aryl methyl sites for hydroxylation is 1. The predicted octanol–water partition coefficient (Wildman–Crippen LogP) is 4.60. The fraction of sp³-hybridized carbons (Fsp3) is 0.556. The van der Waals surface area contributed by atoms with Crippen LogP contribution in [-0.4, -0.2) is 55.1 Å². The molecule has 3 nitrogen and oxygen atoms in total. The van der Waals surface area contributed by atoms with Crippen molar-refractivity contribution in [2.75, 3.05) is 44.7 Å². The maximum atomic E-state index is 2.83. The van der Waals surface area contributed by atoms with Crippen LogP contribution in [0.25, 0.3) is 0 Å². The van der Waals surface area contributed by atoms with Crippen molar-refractivity contribution in [3.05, 3.63) is 65.7 Å². The summed E-state index contributed by atoms with van der Waals surface area (Å²) in [5.74, 6) is 1.65. The van der Waals surface area contributed by atoms with Gasteiger partial charge in [0.2, 0.25) is 0 Å². The number of piperidine rings is 1. The number of fused-ring (bicyclic) bond motifs is 3. The second-order valence-electron chi connectivity index (χ2n) is 10.3. The summed E-state index contributed by atoms with van der Waals surface area (Å²) in [6.45, 7) is 6.28. The lowest BCUT2D eigenvalue weighted by Crippen LogP contribution is -2.57. The third-order valence-electron chi connectivity index (χ3n) is 8.78. The van der Waals surface area contributed by atoms with E-state index in [1.54, 1.807) is 11.1 Å². The van der Waals surface area contributed by atoms with E-state index in [1.807, 2.05) is 0 Å². The van der Waals surface area contributed by atoms with Gasteiger partial charge in [0.1, 0.15) is 0 Å². The van der Waals surface area contributed by atoms with Crippen molar-refractivity contribution in [3.63, 3.8) is 0 Å². The van der Waals surface area contributed by atoms with E-state index in [0.29, 0.717) is 11.6 Å². The third-order valence-corrected chi connectivity index (χ3v) is 8.78. The van der Waals surface area contributed by atoms with Gasteiger partial charge in [-0.25, -0.2) is 0 Å². The summed E-state index contributed by atoms with van der Waals surface area (Å²) in [5.41, 5.74) is 5.01. The highest BCUT2D eigenvalue weighted by atomic mass is 15.3. The molecular weight excluding hydrogens is 366 g/mol. The molecule has 1 aliphatic carbocycles. The van der Waals surface area contributed by atoms with E-state index in [0.717, 1.165) is 11.8 Å². The number of hydrogen-bond acceptors (Lipinski definition) is 3. The average Bonchev–Trinajstić information content (AvgIpc) is 3.30. The molecular formula is C27H35N3. The van der Waals surface area contributed by atoms with Crippen LogP contribution in [-0.2, 0) is 6.42 Å². The van der Waals surface area contributed by atoms with Crippen LogP contribution in [0.5, 0.6) is 0 Å². The van der Waals surface area contributed by atoms with Gasteiger partial charge < -0.3 is 9.80 Å². The van der Waals surface area contributed by atoms with E-state index in [-0.39, 0.29) is 0 Å². The zero-order valence-electron chi connectivity index (χ0n) is 18.3. The van der Waals surface area contributed by atoms with Gasteiger partial charge in [-0.05, 0) is 68.3 Å². The van der Waals surface area contributed by atoms with E-state index >= 15 is 0 Å². The van der Waals surface area contributed by atoms with Gasteiger partial charge in [0.05, 0.1) is 0 Å². The first kappa shape index (κ1) is 18.9. The van der Waals surface area contributed by atoms with Crippen molar-refractivity contribution in [1.82, 2.24) is 9.80 Å². The smallest absolute Gasteiger partial charge is 0.0470 e. The van der Waals surface area contributed by atoms with Gasteiger partial charge in [0.15, 0.2) is 0 Å². The number of anilines is 1. The maximum absolute atomic E-state index is 2.83. The number of benzene rings is 2. The Labute approximate surface area is 181 Å². The molecule has 0 amide bonds. The van der Waals surface area contributed by atoms with Crippen LogP contribution in [0.1, 0.15) is 42.9 Å². The summed E-state index contributed by atoms with van der Waals surface area (Å²) in [6, 6.07) is 21.2. The molecule has 30 heavy (non-hydrogen) atoms. The van der Waals surface area contributed by atoms with E-state index < -0.39 is 0 Å².